The van der Waals surface area contributed by atoms with E-state index in [-0.39, 0.29) is 19.2 Å². The molecule has 2 unspecified atom stereocenters. The number of carboxylic acids is 1. The van der Waals surface area contributed by atoms with Gasteiger partial charge in [0.15, 0.2) is 6.04 Å². The number of morpholine rings is 1. The number of hydrogen-bond donors (Lipinski definition) is 2. The molecule has 1 aromatic rings. The summed E-state index contributed by atoms with van der Waals surface area (Å²) in [5, 5.41) is 14.4. The monoisotopic (exact) mass is 285 g/mol. The van der Waals surface area contributed by atoms with E-state index in [4.69, 9.17) is 9.84 Å². The minimum atomic E-state index is -1.06. The molecule has 1 saturated heterocycles. The molecule has 2 heterocycles. The molecule has 1 aromatic heterocycles. The highest BCUT2D eigenvalue weighted by Crippen LogP contribution is 2.16. The highest BCUT2D eigenvalue weighted by Gasteiger charge is 2.33. The number of thiazole rings is 1. The van der Waals surface area contributed by atoms with Crippen molar-refractivity contribution in [3.8, 4) is 0 Å². The summed E-state index contributed by atoms with van der Waals surface area (Å²) >= 11 is 1.44. The van der Waals surface area contributed by atoms with Crippen LogP contribution in [-0.4, -0.2) is 52.8 Å². The van der Waals surface area contributed by atoms with E-state index in [2.05, 4.69) is 10.3 Å². The maximum Gasteiger partial charge on any atom is 0.328 e. The van der Waals surface area contributed by atoms with Crippen LogP contribution in [-0.2, 0) is 9.53 Å². The zero-order chi connectivity index (χ0) is 13.8. The molecular weight excluding hydrogens is 270 g/mol. The van der Waals surface area contributed by atoms with E-state index in [9.17, 15) is 9.59 Å². The average molecular weight is 285 g/mol. The lowest BCUT2D eigenvalue weighted by atomic mass is 10.2. The smallest absolute Gasteiger partial charge is 0.328 e. The van der Waals surface area contributed by atoms with Gasteiger partial charge < -0.3 is 20.1 Å². The third-order valence-corrected chi connectivity index (χ3v) is 3.79. The number of aromatic nitrogens is 1. The number of rotatable bonds is 3. The van der Waals surface area contributed by atoms with Crippen molar-refractivity contribution in [2.24, 2.45) is 0 Å². The first-order chi connectivity index (χ1) is 9.09. The predicted molar refractivity (Wildman–Crippen MR) is 68.0 cm³/mol. The minimum Gasteiger partial charge on any atom is -0.480 e. The summed E-state index contributed by atoms with van der Waals surface area (Å²) in [6, 6.07) is -1.58. The molecule has 7 nitrogen and oxygen atoms in total. The first-order valence-corrected chi connectivity index (χ1v) is 6.74. The second-order valence-corrected chi connectivity index (χ2v) is 5.09. The van der Waals surface area contributed by atoms with Crippen LogP contribution in [0.4, 0.5) is 4.79 Å². The van der Waals surface area contributed by atoms with Crippen LogP contribution in [0.1, 0.15) is 18.0 Å². The van der Waals surface area contributed by atoms with Gasteiger partial charge in [0.2, 0.25) is 0 Å². The van der Waals surface area contributed by atoms with Crippen LogP contribution in [0.25, 0.3) is 0 Å². The molecule has 1 aliphatic rings. The van der Waals surface area contributed by atoms with Crippen molar-refractivity contribution < 1.29 is 19.4 Å². The summed E-state index contributed by atoms with van der Waals surface area (Å²) in [6.45, 7) is 2.46. The van der Waals surface area contributed by atoms with Gasteiger partial charge in [0.1, 0.15) is 5.01 Å². The molecule has 0 aromatic carbocycles. The average Bonchev–Trinajstić information content (AvgIpc) is 2.92. The lowest BCUT2D eigenvalue weighted by Crippen LogP contribution is -2.55. The predicted octanol–water partition coefficient (Wildman–Crippen LogP) is 0.699. The number of urea groups is 1. The standard InChI is InChI=1S/C11H15N3O4S/c1-7(9-12-2-5-19-9)13-11(17)14-3-4-18-6-8(14)10(15)16/h2,5,7-8H,3-4,6H2,1H3,(H,13,17)(H,15,16). The van der Waals surface area contributed by atoms with Gasteiger partial charge in [-0.15, -0.1) is 11.3 Å². The van der Waals surface area contributed by atoms with Crippen molar-refractivity contribution in [1.29, 1.82) is 0 Å². The van der Waals surface area contributed by atoms with Crippen LogP contribution in [0.5, 0.6) is 0 Å². The third-order valence-electron chi connectivity index (χ3n) is 2.84. The Balaban J connectivity index is 2.00. The Bertz CT molecular complexity index is 451. The molecule has 0 saturated carbocycles. The number of ether oxygens (including phenoxy) is 1. The number of carbonyl (C=O) groups excluding carboxylic acids is 1. The molecule has 2 atom stereocenters. The van der Waals surface area contributed by atoms with Gasteiger partial charge in [-0.3, -0.25) is 0 Å². The normalized spacial score (nSPS) is 20.9. The number of aliphatic carboxylic acids is 1. The lowest BCUT2D eigenvalue weighted by Gasteiger charge is -2.33. The fourth-order valence-corrected chi connectivity index (χ4v) is 2.48. The van der Waals surface area contributed by atoms with Crippen molar-refractivity contribution >= 4 is 23.3 Å². The molecule has 8 heteroatoms. The van der Waals surface area contributed by atoms with Crippen molar-refractivity contribution in [3.63, 3.8) is 0 Å². The van der Waals surface area contributed by atoms with E-state index in [1.54, 1.807) is 6.20 Å². The second kappa shape index (κ2) is 5.98. The summed E-state index contributed by atoms with van der Waals surface area (Å²) in [5.41, 5.74) is 0. The molecule has 19 heavy (non-hydrogen) atoms. The summed E-state index contributed by atoms with van der Waals surface area (Å²) in [7, 11) is 0. The lowest BCUT2D eigenvalue weighted by molar-refractivity contribution is -0.147. The number of hydrogen-bond acceptors (Lipinski definition) is 5. The van der Waals surface area contributed by atoms with E-state index in [1.165, 1.54) is 16.2 Å². The van der Waals surface area contributed by atoms with Crippen LogP contribution in [0, 0.1) is 0 Å². The molecule has 0 aliphatic carbocycles. The number of amides is 2. The highest BCUT2D eigenvalue weighted by atomic mass is 32.1. The van der Waals surface area contributed by atoms with Gasteiger partial charge in [-0.1, -0.05) is 0 Å². The Morgan fingerprint density at radius 1 is 1.68 bits per heavy atom. The van der Waals surface area contributed by atoms with E-state index >= 15 is 0 Å². The first kappa shape index (κ1) is 13.8. The number of carbonyl (C=O) groups is 2. The van der Waals surface area contributed by atoms with Gasteiger partial charge in [-0.25, -0.2) is 14.6 Å². The molecule has 0 bridgehead atoms. The van der Waals surface area contributed by atoms with Crippen LogP contribution < -0.4 is 5.32 Å². The molecular formula is C11H15N3O4S. The first-order valence-electron chi connectivity index (χ1n) is 5.86. The molecule has 2 rings (SSSR count). The fraction of sp³-hybridized carbons (Fsp3) is 0.545. The Kier molecular flexibility index (Phi) is 4.33. The Hall–Kier alpha value is -1.67. The van der Waals surface area contributed by atoms with Crippen LogP contribution in [0.15, 0.2) is 11.6 Å². The van der Waals surface area contributed by atoms with E-state index in [1.807, 2.05) is 12.3 Å². The van der Waals surface area contributed by atoms with Crippen molar-refractivity contribution in [1.82, 2.24) is 15.2 Å². The topological polar surface area (TPSA) is 91.8 Å². The molecule has 1 aliphatic heterocycles. The van der Waals surface area contributed by atoms with Gasteiger partial charge in [0.05, 0.1) is 19.3 Å². The molecule has 2 N–H and O–H groups in total. The van der Waals surface area contributed by atoms with Crippen molar-refractivity contribution in [3.05, 3.63) is 16.6 Å². The third kappa shape index (κ3) is 3.21. The summed E-state index contributed by atoms with van der Waals surface area (Å²) < 4.78 is 5.09. The highest BCUT2D eigenvalue weighted by molar-refractivity contribution is 7.09. The maximum absolute atomic E-state index is 12.1. The van der Waals surface area contributed by atoms with Gasteiger partial charge in [-0.05, 0) is 6.92 Å². The molecule has 1 fully saturated rings. The van der Waals surface area contributed by atoms with E-state index in [0.717, 1.165) is 5.01 Å². The van der Waals surface area contributed by atoms with E-state index < -0.39 is 18.0 Å². The van der Waals surface area contributed by atoms with Gasteiger partial charge >= 0.3 is 12.0 Å². The number of nitrogens with zero attached hydrogens (tertiary/aromatic N) is 2. The molecule has 104 valence electrons. The van der Waals surface area contributed by atoms with Gasteiger partial charge in [0.25, 0.3) is 0 Å². The van der Waals surface area contributed by atoms with E-state index in [0.29, 0.717) is 6.61 Å². The summed E-state index contributed by atoms with van der Waals surface area (Å²) in [6.07, 6.45) is 1.66. The Morgan fingerprint density at radius 3 is 3.11 bits per heavy atom. The quantitative estimate of drug-likeness (QED) is 0.853. The fourth-order valence-electron chi connectivity index (χ4n) is 1.83. The van der Waals surface area contributed by atoms with Crippen LogP contribution in [0.3, 0.4) is 0 Å². The number of nitrogens with one attached hydrogen (secondary N) is 1. The van der Waals surface area contributed by atoms with Crippen molar-refractivity contribution in [2.75, 3.05) is 19.8 Å². The second-order valence-electron chi connectivity index (χ2n) is 4.16. The maximum atomic E-state index is 12.1. The number of carboxylic acid groups (broad SMARTS) is 1. The zero-order valence-corrected chi connectivity index (χ0v) is 11.2. The largest absolute Gasteiger partial charge is 0.480 e. The van der Waals surface area contributed by atoms with Crippen LogP contribution >= 0.6 is 11.3 Å². The van der Waals surface area contributed by atoms with Crippen molar-refractivity contribution in [2.45, 2.75) is 19.0 Å². The van der Waals surface area contributed by atoms with Gasteiger partial charge in [-0.2, -0.15) is 0 Å². The Labute approximate surface area is 114 Å². The molecule has 0 radical (unpaired) electrons. The summed E-state index contributed by atoms with van der Waals surface area (Å²) in [4.78, 5) is 28.6. The minimum absolute atomic E-state index is 0.0222. The van der Waals surface area contributed by atoms with Crippen LogP contribution in [0.2, 0.25) is 0 Å². The summed E-state index contributed by atoms with van der Waals surface area (Å²) in [5.74, 6) is -1.06. The van der Waals surface area contributed by atoms with Gasteiger partial charge in [0, 0.05) is 18.1 Å². The zero-order valence-electron chi connectivity index (χ0n) is 10.4. The molecule has 0 spiro atoms. The SMILES string of the molecule is CC(NC(=O)N1CCOCC1C(=O)O)c1nccs1. The molecule has 2 amide bonds. The Morgan fingerprint density at radius 2 is 2.47 bits per heavy atom.